The SMILES string of the molecule is Cc1ccc([C@@H]2CSCCN2C(=O)[C@H]2CC2(Cl)Cl)o1. The Labute approximate surface area is 126 Å². The van der Waals surface area contributed by atoms with E-state index >= 15 is 0 Å². The van der Waals surface area contributed by atoms with Gasteiger partial charge in [-0.1, -0.05) is 0 Å². The lowest BCUT2D eigenvalue weighted by atomic mass is 10.2. The number of hydrogen-bond donors (Lipinski definition) is 0. The standard InChI is InChI=1S/C13H15Cl2NO2S/c1-8-2-3-11(18-8)10-7-19-5-4-16(10)12(17)9-6-13(9,14)15/h2-3,9-10H,4-7H2,1H3/t9-,10+/m1/s1. The molecule has 1 saturated heterocycles. The molecule has 2 atom stereocenters. The van der Waals surface area contributed by atoms with Crippen LogP contribution in [0, 0.1) is 12.8 Å². The minimum Gasteiger partial charge on any atom is -0.464 e. The minimum atomic E-state index is -0.856. The number of nitrogens with zero attached hydrogens (tertiary/aromatic N) is 1. The summed E-state index contributed by atoms with van der Waals surface area (Å²) < 4.78 is 4.83. The van der Waals surface area contributed by atoms with Crippen molar-refractivity contribution in [2.24, 2.45) is 5.92 Å². The lowest BCUT2D eigenvalue weighted by molar-refractivity contribution is -0.134. The number of aryl methyl sites for hydroxylation is 1. The molecule has 0 spiro atoms. The van der Waals surface area contributed by atoms with Crippen LogP contribution in [0.3, 0.4) is 0 Å². The van der Waals surface area contributed by atoms with Gasteiger partial charge in [0.05, 0.1) is 12.0 Å². The van der Waals surface area contributed by atoms with Crippen LogP contribution in [-0.4, -0.2) is 33.2 Å². The van der Waals surface area contributed by atoms with E-state index in [-0.39, 0.29) is 17.9 Å². The molecule has 104 valence electrons. The van der Waals surface area contributed by atoms with Gasteiger partial charge in [0.25, 0.3) is 0 Å². The van der Waals surface area contributed by atoms with Gasteiger partial charge >= 0.3 is 0 Å². The zero-order valence-electron chi connectivity index (χ0n) is 10.6. The molecule has 1 aromatic heterocycles. The molecule has 6 heteroatoms. The van der Waals surface area contributed by atoms with Crippen LogP contribution >= 0.6 is 35.0 Å². The van der Waals surface area contributed by atoms with Crippen molar-refractivity contribution in [3.63, 3.8) is 0 Å². The molecule has 0 N–H and O–H groups in total. The Kier molecular flexibility index (Phi) is 3.52. The van der Waals surface area contributed by atoms with Crippen LogP contribution in [0.15, 0.2) is 16.5 Å². The van der Waals surface area contributed by atoms with Gasteiger partial charge in [0, 0.05) is 18.1 Å². The summed E-state index contributed by atoms with van der Waals surface area (Å²) in [5, 5.41) is 0. The Morgan fingerprint density at radius 2 is 2.26 bits per heavy atom. The number of carbonyl (C=O) groups is 1. The monoisotopic (exact) mass is 319 g/mol. The molecule has 0 radical (unpaired) electrons. The smallest absolute Gasteiger partial charge is 0.229 e. The first-order valence-electron chi connectivity index (χ1n) is 6.31. The molecular weight excluding hydrogens is 305 g/mol. The summed E-state index contributed by atoms with van der Waals surface area (Å²) in [6.07, 6.45) is 0.558. The molecule has 2 heterocycles. The average molecular weight is 320 g/mol. The van der Waals surface area contributed by atoms with Crippen LogP contribution in [-0.2, 0) is 4.79 Å². The Hall–Kier alpha value is -0.320. The second-order valence-corrected chi connectivity index (χ2v) is 7.78. The van der Waals surface area contributed by atoms with E-state index in [9.17, 15) is 4.79 Å². The fourth-order valence-electron chi connectivity index (χ4n) is 2.42. The van der Waals surface area contributed by atoms with E-state index in [2.05, 4.69) is 0 Å². The second kappa shape index (κ2) is 4.90. The van der Waals surface area contributed by atoms with E-state index in [0.717, 1.165) is 29.6 Å². The highest BCUT2D eigenvalue weighted by molar-refractivity contribution is 7.99. The Morgan fingerprint density at radius 3 is 2.84 bits per heavy atom. The Balaban J connectivity index is 1.80. The lowest BCUT2D eigenvalue weighted by Gasteiger charge is -2.34. The van der Waals surface area contributed by atoms with Gasteiger partial charge in [-0.2, -0.15) is 11.8 Å². The fourth-order valence-corrected chi connectivity index (χ4v) is 3.97. The van der Waals surface area contributed by atoms with E-state index in [4.69, 9.17) is 27.6 Å². The number of amides is 1. The Morgan fingerprint density at radius 1 is 1.53 bits per heavy atom. The van der Waals surface area contributed by atoms with Gasteiger partial charge in [-0.3, -0.25) is 4.79 Å². The molecular formula is C13H15Cl2NO2S. The van der Waals surface area contributed by atoms with Crippen molar-refractivity contribution in [2.45, 2.75) is 23.7 Å². The van der Waals surface area contributed by atoms with E-state index in [0.29, 0.717) is 6.42 Å². The maximum Gasteiger partial charge on any atom is 0.229 e. The summed E-state index contributed by atoms with van der Waals surface area (Å²) in [6.45, 7) is 2.64. The molecule has 2 fully saturated rings. The van der Waals surface area contributed by atoms with Crippen molar-refractivity contribution in [1.29, 1.82) is 0 Å². The van der Waals surface area contributed by atoms with Gasteiger partial charge in [0.2, 0.25) is 5.91 Å². The number of halogens is 2. The van der Waals surface area contributed by atoms with Crippen molar-refractivity contribution in [3.05, 3.63) is 23.7 Å². The normalized spacial score (nSPS) is 29.3. The van der Waals surface area contributed by atoms with Crippen molar-refractivity contribution in [1.82, 2.24) is 4.90 Å². The lowest BCUT2D eigenvalue weighted by Crippen LogP contribution is -2.42. The summed E-state index contributed by atoms with van der Waals surface area (Å²) in [5.74, 6) is 3.35. The van der Waals surface area contributed by atoms with Gasteiger partial charge in [-0.15, -0.1) is 23.2 Å². The number of carbonyl (C=O) groups excluding carboxylic acids is 1. The number of thioether (sulfide) groups is 1. The summed E-state index contributed by atoms with van der Waals surface area (Å²) in [4.78, 5) is 14.4. The number of alkyl halides is 2. The van der Waals surface area contributed by atoms with Crippen LogP contribution in [0.25, 0.3) is 0 Å². The summed E-state index contributed by atoms with van der Waals surface area (Å²) in [5.41, 5.74) is 0. The van der Waals surface area contributed by atoms with Crippen molar-refractivity contribution >= 4 is 40.9 Å². The summed E-state index contributed by atoms with van der Waals surface area (Å²) >= 11 is 13.9. The van der Waals surface area contributed by atoms with Crippen LogP contribution in [0.5, 0.6) is 0 Å². The molecule has 1 amide bonds. The van der Waals surface area contributed by atoms with Crippen LogP contribution < -0.4 is 0 Å². The maximum absolute atomic E-state index is 12.5. The zero-order chi connectivity index (χ0) is 13.6. The minimum absolute atomic E-state index is 0.00434. The first kappa shape index (κ1) is 13.7. The van der Waals surface area contributed by atoms with Crippen molar-refractivity contribution < 1.29 is 9.21 Å². The summed E-state index contributed by atoms with van der Waals surface area (Å²) in [7, 11) is 0. The van der Waals surface area contributed by atoms with E-state index in [1.807, 2.05) is 35.7 Å². The quantitative estimate of drug-likeness (QED) is 0.783. The number of rotatable bonds is 2. The van der Waals surface area contributed by atoms with Gasteiger partial charge in [-0.25, -0.2) is 0 Å². The largest absolute Gasteiger partial charge is 0.464 e. The topological polar surface area (TPSA) is 33.5 Å². The highest BCUT2D eigenvalue weighted by Crippen LogP contribution is 2.54. The molecule has 3 nitrogen and oxygen atoms in total. The predicted molar refractivity (Wildman–Crippen MR) is 77.8 cm³/mol. The zero-order valence-corrected chi connectivity index (χ0v) is 12.9. The van der Waals surface area contributed by atoms with Gasteiger partial charge in [0.1, 0.15) is 15.9 Å². The number of hydrogen-bond acceptors (Lipinski definition) is 3. The van der Waals surface area contributed by atoms with Crippen LogP contribution in [0.2, 0.25) is 0 Å². The first-order chi connectivity index (χ1) is 8.99. The molecule has 2 aliphatic rings. The van der Waals surface area contributed by atoms with Gasteiger partial charge in [0.15, 0.2) is 0 Å². The van der Waals surface area contributed by atoms with E-state index < -0.39 is 4.33 Å². The second-order valence-electron chi connectivity index (χ2n) is 5.09. The molecule has 1 aliphatic heterocycles. The highest BCUT2D eigenvalue weighted by Gasteiger charge is 2.58. The van der Waals surface area contributed by atoms with Crippen molar-refractivity contribution in [2.75, 3.05) is 18.1 Å². The molecule has 0 unspecified atom stereocenters. The van der Waals surface area contributed by atoms with E-state index in [1.165, 1.54) is 0 Å². The van der Waals surface area contributed by atoms with Gasteiger partial charge < -0.3 is 9.32 Å². The third-order valence-corrected chi connectivity index (χ3v) is 5.48. The number of furan rings is 1. The van der Waals surface area contributed by atoms with Crippen LogP contribution in [0.4, 0.5) is 0 Å². The first-order valence-corrected chi connectivity index (χ1v) is 8.22. The van der Waals surface area contributed by atoms with Crippen molar-refractivity contribution in [3.8, 4) is 0 Å². The fraction of sp³-hybridized carbons (Fsp3) is 0.615. The third kappa shape index (κ3) is 2.63. The summed E-state index contributed by atoms with van der Waals surface area (Å²) in [6, 6.07) is 3.89. The molecule has 0 bridgehead atoms. The third-order valence-electron chi connectivity index (χ3n) is 3.63. The molecule has 3 rings (SSSR count). The molecule has 1 aliphatic carbocycles. The predicted octanol–water partition coefficient (Wildman–Crippen LogP) is 3.40. The molecule has 0 aromatic carbocycles. The Bertz CT molecular complexity index is 503. The van der Waals surface area contributed by atoms with Crippen LogP contribution in [0.1, 0.15) is 24.0 Å². The average Bonchev–Trinajstić information content (AvgIpc) is 2.82. The molecule has 1 saturated carbocycles. The maximum atomic E-state index is 12.5. The van der Waals surface area contributed by atoms with E-state index in [1.54, 1.807) is 0 Å². The molecule has 1 aromatic rings. The van der Waals surface area contributed by atoms with Gasteiger partial charge in [-0.05, 0) is 25.5 Å². The highest BCUT2D eigenvalue weighted by atomic mass is 35.5. The molecule has 19 heavy (non-hydrogen) atoms.